The van der Waals surface area contributed by atoms with Gasteiger partial charge in [0.2, 0.25) is 5.91 Å². The fourth-order valence-corrected chi connectivity index (χ4v) is 5.54. The number of nitrogens with zero attached hydrogens (tertiary/aromatic N) is 1. The first-order valence-electron chi connectivity index (χ1n) is 10.5. The first-order chi connectivity index (χ1) is 13.8. The second-order valence-electron chi connectivity index (χ2n) is 7.85. The number of benzene rings is 2. The molecule has 2 aliphatic rings. The molecule has 0 spiro atoms. The van der Waals surface area contributed by atoms with Crippen LogP contribution in [0.3, 0.4) is 0 Å². The summed E-state index contributed by atoms with van der Waals surface area (Å²) in [5.74, 6) is 2.96. The summed E-state index contributed by atoms with van der Waals surface area (Å²) in [6.07, 6.45) is 7.07. The minimum Gasteiger partial charge on any atom is -0.489 e. The number of carbonyl (C=O) groups excluding carboxylic acids is 1. The highest BCUT2D eigenvalue weighted by Crippen LogP contribution is 2.40. The summed E-state index contributed by atoms with van der Waals surface area (Å²) in [4.78, 5) is 14.9. The Hall–Kier alpha value is -1.94. The van der Waals surface area contributed by atoms with Gasteiger partial charge in [-0.3, -0.25) is 4.79 Å². The highest BCUT2D eigenvalue weighted by Gasteiger charge is 2.31. The van der Waals surface area contributed by atoms with Crippen molar-refractivity contribution in [3.8, 4) is 5.75 Å². The van der Waals surface area contributed by atoms with Crippen molar-refractivity contribution in [1.82, 2.24) is 4.90 Å². The van der Waals surface area contributed by atoms with Crippen LogP contribution in [0.25, 0.3) is 0 Å². The van der Waals surface area contributed by atoms with E-state index in [0.717, 1.165) is 35.9 Å². The van der Waals surface area contributed by atoms with Crippen molar-refractivity contribution in [2.24, 2.45) is 5.92 Å². The molecule has 3 nitrogen and oxygen atoms in total. The van der Waals surface area contributed by atoms with Crippen LogP contribution in [0, 0.1) is 5.92 Å². The van der Waals surface area contributed by atoms with Crippen molar-refractivity contribution < 1.29 is 9.53 Å². The van der Waals surface area contributed by atoms with E-state index in [1.807, 2.05) is 42.1 Å². The van der Waals surface area contributed by atoms with Crippen molar-refractivity contribution in [3.63, 3.8) is 0 Å². The van der Waals surface area contributed by atoms with Crippen LogP contribution in [-0.2, 0) is 11.4 Å². The summed E-state index contributed by atoms with van der Waals surface area (Å²) in [6.45, 7) is 1.42. The summed E-state index contributed by atoms with van der Waals surface area (Å²) in [5.41, 5.74) is 2.33. The van der Waals surface area contributed by atoms with Gasteiger partial charge in [0.15, 0.2) is 0 Å². The van der Waals surface area contributed by atoms with Crippen LogP contribution in [0.1, 0.15) is 55.0 Å². The van der Waals surface area contributed by atoms with Crippen LogP contribution in [0.5, 0.6) is 5.75 Å². The van der Waals surface area contributed by atoms with E-state index in [1.54, 1.807) is 0 Å². The van der Waals surface area contributed by atoms with Crippen molar-refractivity contribution in [1.29, 1.82) is 0 Å². The molecular weight excluding hydrogens is 366 g/mol. The molecule has 1 amide bonds. The van der Waals surface area contributed by atoms with Crippen molar-refractivity contribution in [2.75, 3.05) is 12.3 Å². The van der Waals surface area contributed by atoms with Gasteiger partial charge in [-0.25, -0.2) is 0 Å². The SMILES string of the molecule is O=C(CCC1CCCC1)N1CCS[C@H]1c1cccc(OCc2ccccc2)c1. The van der Waals surface area contributed by atoms with Crippen LogP contribution in [-0.4, -0.2) is 23.1 Å². The van der Waals surface area contributed by atoms with E-state index in [0.29, 0.717) is 18.9 Å². The molecule has 0 aromatic heterocycles. The molecule has 0 N–H and O–H groups in total. The standard InChI is InChI=1S/C24H29NO2S/c26-23(14-13-19-7-4-5-8-19)25-15-16-28-24(25)21-11-6-12-22(17-21)27-18-20-9-2-1-3-10-20/h1-3,6,9-12,17,19,24H,4-5,7-8,13-16,18H2/t24-/m0/s1. The molecule has 0 unspecified atom stereocenters. The van der Waals surface area contributed by atoms with E-state index in [4.69, 9.17) is 4.74 Å². The Morgan fingerprint density at radius 2 is 1.89 bits per heavy atom. The Morgan fingerprint density at radius 1 is 1.07 bits per heavy atom. The molecule has 2 aromatic rings. The lowest BCUT2D eigenvalue weighted by Gasteiger charge is -2.25. The summed E-state index contributed by atoms with van der Waals surface area (Å²) >= 11 is 1.86. The average molecular weight is 396 g/mol. The fraction of sp³-hybridized carbons (Fsp3) is 0.458. The zero-order chi connectivity index (χ0) is 19.2. The van der Waals surface area contributed by atoms with Crippen LogP contribution in [0.4, 0.5) is 0 Å². The molecule has 4 rings (SSSR count). The highest BCUT2D eigenvalue weighted by molar-refractivity contribution is 7.99. The number of carbonyl (C=O) groups is 1. The Balaban J connectivity index is 1.37. The molecule has 28 heavy (non-hydrogen) atoms. The van der Waals surface area contributed by atoms with Gasteiger partial charge in [0.05, 0.1) is 0 Å². The first kappa shape index (κ1) is 19.4. The molecule has 1 saturated heterocycles. The van der Waals surface area contributed by atoms with E-state index >= 15 is 0 Å². The Bertz CT molecular complexity index is 773. The molecule has 1 aliphatic carbocycles. The summed E-state index contributed by atoms with van der Waals surface area (Å²) < 4.78 is 5.99. The normalized spacial score (nSPS) is 19.9. The quantitative estimate of drug-likeness (QED) is 0.592. The van der Waals surface area contributed by atoms with Crippen LogP contribution >= 0.6 is 11.8 Å². The second kappa shape index (κ2) is 9.51. The maximum absolute atomic E-state index is 12.9. The van der Waals surface area contributed by atoms with Gasteiger partial charge in [-0.05, 0) is 35.6 Å². The third-order valence-corrected chi connectivity index (χ3v) is 7.10. The number of thioether (sulfide) groups is 1. The largest absolute Gasteiger partial charge is 0.489 e. The molecule has 1 heterocycles. The molecule has 1 saturated carbocycles. The van der Waals surface area contributed by atoms with Crippen LogP contribution in [0.15, 0.2) is 54.6 Å². The third-order valence-electron chi connectivity index (χ3n) is 5.84. The van der Waals surface area contributed by atoms with E-state index in [2.05, 4.69) is 29.2 Å². The van der Waals surface area contributed by atoms with Gasteiger partial charge in [0.1, 0.15) is 17.7 Å². The van der Waals surface area contributed by atoms with Gasteiger partial charge < -0.3 is 9.64 Å². The molecule has 2 aromatic carbocycles. The second-order valence-corrected chi connectivity index (χ2v) is 9.03. The Kier molecular flexibility index (Phi) is 6.58. The van der Waals surface area contributed by atoms with Gasteiger partial charge in [0, 0.05) is 18.7 Å². The monoisotopic (exact) mass is 395 g/mol. The summed E-state index contributed by atoms with van der Waals surface area (Å²) in [5, 5.41) is 0.122. The fourth-order valence-electron chi connectivity index (χ4n) is 4.27. The summed E-state index contributed by atoms with van der Waals surface area (Å²) in [6, 6.07) is 18.5. The van der Waals surface area contributed by atoms with Gasteiger partial charge in [0.25, 0.3) is 0 Å². The molecule has 1 aliphatic heterocycles. The lowest BCUT2D eigenvalue weighted by atomic mass is 10.0. The van der Waals surface area contributed by atoms with Crippen molar-refractivity contribution in [3.05, 3.63) is 65.7 Å². The lowest BCUT2D eigenvalue weighted by Crippen LogP contribution is -2.30. The molecule has 2 fully saturated rings. The minimum atomic E-state index is 0.122. The average Bonchev–Trinajstić information content (AvgIpc) is 3.43. The van der Waals surface area contributed by atoms with E-state index < -0.39 is 0 Å². The smallest absolute Gasteiger partial charge is 0.223 e. The zero-order valence-corrected chi connectivity index (χ0v) is 17.2. The molecule has 0 radical (unpaired) electrons. The molecule has 4 heteroatoms. The van der Waals surface area contributed by atoms with E-state index in [1.165, 1.54) is 31.2 Å². The highest BCUT2D eigenvalue weighted by atomic mass is 32.2. The number of hydrogen-bond acceptors (Lipinski definition) is 3. The minimum absolute atomic E-state index is 0.122. The first-order valence-corrected chi connectivity index (χ1v) is 11.5. The topological polar surface area (TPSA) is 29.5 Å². The predicted molar refractivity (Wildman–Crippen MR) is 115 cm³/mol. The molecular formula is C24H29NO2S. The Labute approximate surface area is 172 Å². The number of amides is 1. The van der Waals surface area contributed by atoms with Crippen LogP contribution < -0.4 is 4.74 Å². The number of hydrogen-bond donors (Lipinski definition) is 0. The predicted octanol–water partition coefficient (Wildman–Crippen LogP) is 5.81. The van der Waals surface area contributed by atoms with Gasteiger partial charge in [-0.15, -0.1) is 11.8 Å². The van der Waals surface area contributed by atoms with E-state index in [-0.39, 0.29) is 5.37 Å². The van der Waals surface area contributed by atoms with Gasteiger partial charge in [-0.1, -0.05) is 68.1 Å². The van der Waals surface area contributed by atoms with Crippen molar-refractivity contribution >= 4 is 17.7 Å². The number of ether oxygens (including phenoxy) is 1. The molecule has 1 atom stereocenters. The molecule has 0 bridgehead atoms. The van der Waals surface area contributed by atoms with E-state index in [9.17, 15) is 4.79 Å². The third kappa shape index (κ3) is 4.91. The maximum atomic E-state index is 12.9. The van der Waals surface area contributed by atoms with Gasteiger partial charge in [-0.2, -0.15) is 0 Å². The number of rotatable bonds is 7. The van der Waals surface area contributed by atoms with Crippen molar-refractivity contribution in [2.45, 2.75) is 50.5 Å². The van der Waals surface area contributed by atoms with Gasteiger partial charge >= 0.3 is 0 Å². The molecule has 148 valence electrons. The van der Waals surface area contributed by atoms with Crippen LogP contribution in [0.2, 0.25) is 0 Å². The Morgan fingerprint density at radius 3 is 2.71 bits per heavy atom. The lowest BCUT2D eigenvalue weighted by molar-refractivity contribution is -0.131. The zero-order valence-electron chi connectivity index (χ0n) is 16.4. The maximum Gasteiger partial charge on any atom is 0.223 e. The summed E-state index contributed by atoms with van der Waals surface area (Å²) in [7, 11) is 0.